The lowest BCUT2D eigenvalue weighted by atomic mass is 10.1. The maximum absolute atomic E-state index is 12.7. The molecule has 4 rings (SSSR count). The molecule has 3 aromatic carbocycles. The second-order valence-corrected chi connectivity index (χ2v) is 9.57. The van der Waals surface area contributed by atoms with Crippen molar-refractivity contribution < 1.29 is 33.0 Å². The first kappa shape index (κ1) is 28.2. The van der Waals surface area contributed by atoms with Gasteiger partial charge in [-0.05, 0) is 54.1 Å². The van der Waals surface area contributed by atoms with Crippen molar-refractivity contribution >= 4 is 56.0 Å². The van der Waals surface area contributed by atoms with E-state index in [0.717, 1.165) is 31.4 Å². The molecule has 11 heteroatoms. The summed E-state index contributed by atoms with van der Waals surface area (Å²) >= 11 is 4.95. The van der Waals surface area contributed by atoms with Crippen molar-refractivity contribution in [2.45, 2.75) is 17.2 Å². The molecule has 6 nitrogen and oxygen atoms in total. The van der Waals surface area contributed by atoms with Gasteiger partial charge in [-0.3, -0.25) is 9.78 Å². The number of nitrogens with zero attached hydrogens (tertiary/aromatic N) is 1. The van der Waals surface area contributed by atoms with Gasteiger partial charge in [-0.25, -0.2) is 4.79 Å². The molecule has 0 spiro atoms. The van der Waals surface area contributed by atoms with E-state index >= 15 is 0 Å². The predicted octanol–water partition coefficient (Wildman–Crippen LogP) is 6.71. The summed E-state index contributed by atoms with van der Waals surface area (Å²) in [5.74, 6) is -2.38. The lowest BCUT2D eigenvalue weighted by Crippen LogP contribution is -2.21. The van der Waals surface area contributed by atoms with Crippen molar-refractivity contribution in [2.75, 3.05) is 11.1 Å². The van der Waals surface area contributed by atoms with Crippen LogP contribution in [0.4, 0.5) is 18.9 Å². The molecule has 4 aromatic rings. The topological polar surface area (TPSA) is 99.5 Å². The van der Waals surface area contributed by atoms with Gasteiger partial charge in [0.1, 0.15) is 0 Å². The fourth-order valence-electron chi connectivity index (χ4n) is 3.08. The van der Waals surface area contributed by atoms with Gasteiger partial charge in [-0.1, -0.05) is 40.2 Å². The molecule has 0 aliphatic rings. The highest BCUT2D eigenvalue weighted by atomic mass is 79.9. The number of carbonyl (C=O) groups excluding carboxylic acids is 1. The van der Waals surface area contributed by atoms with E-state index in [-0.39, 0.29) is 5.91 Å². The number of carbonyl (C=O) groups is 2. The first-order chi connectivity index (χ1) is 17.5. The molecular formula is C26H20BrF3N2O4S. The Morgan fingerprint density at radius 1 is 1.00 bits per heavy atom. The van der Waals surface area contributed by atoms with Gasteiger partial charge in [0.25, 0.3) is 5.91 Å². The number of carboxylic acid groups (broad SMARTS) is 1. The number of nitrogens with one attached hydrogen (secondary N) is 1. The van der Waals surface area contributed by atoms with Gasteiger partial charge in [0.2, 0.25) is 0 Å². The lowest BCUT2D eigenvalue weighted by Gasteiger charge is -2.11. The average molecular weight is 593 g/mol. The Hall–Kier alpha value is -3.41. The first-order valence-corrected chi connectivity index (χ1v) is 12.4. The van der Waals surface area contributed by atoms with Gasteiger partial charge >= 0.3 is 12.1 Å². The van der Waals surface area contributed by atoms with E-state index in [1.165, 1.54) is 0 Å². The number of hydrogen-bond acceptors (Lipinski definition) is 5. The first-order valence-electron chi connectivity index (χ1n) is 10.6. The summed E-state index contributed by atoms with van der Waals surface area (Å²) in [6.07, 6.45) is -2.14. The maximum Gasteiger partial charge on any atom is 0.490 e. The Bertz CT molecular complexity index is 1360. The largest absolute Gasteiger partial charge is 0.490 e. The summed E-state index contributed by atoms with van der Waals surface area (Å²) < 4.78 is 32.7. The quantitative estimate of drug-likeness (QED) is 0.215. The zero-order chi connectivity index (χ0) is 27.0. The summed E-state index contributed by atoms with van der Waals surface area (Å²) in [5.41, 5.74) is 2.22. The highest BCUT2D eigenvalue weighted by Crippen LogP contribution is 2.27. The van der Waals surface area contributed by atoms with Crippen LogP contribution < -0.4 is 5.32 Å². The zero-order valence-corrected chi connectivity index (χ0v) is 21.3. The fraction of sp³-hybridized carbons (Fsp3) is 0.115. The molecule has 0 saturated heterocycles. The van der Waals surface area contributed by atoms with E-state index < -0.39 is 18.2 Å². The van der Waals surface area contributed by atoms with Crippen LogP contribution in [0.15, 0.2) is 94.6 Å². The fourth-order valence-corrected chi connectivity index (χ4v) is 4.22. The number of aliphatic carboxylic acids is 1. The molecule has 0 radical (unpaired) electrons. The molecule has 1 aromatic heterocycles. The van der Waals surface area contributed by atoms with Gasteiger partial charge < -0.3 is 15.5 Å². The van der Waals surface area contributed by atoms with Crippen LogP contribution >= 0.6 is 27.7 Å². The molecule has 1 amide bonds. The van der Waals surface area contributed by atoms with Crippen molar-refractivity contribution in [3.8, 4) is 0 Å². The van der Waals surface area contributed by atoms with Crippen LogP contribution in [0.3, 0.4) is 0 Å². The highest BCUT2D eigenvalue weighted by molar-refractivity contribution is 9.10. The molecule has 1 heterocycles. The van der Waals surface area contributed by atoms with E-state index in [9.17, 15) is 23.1 Å². The monoisotopic (exact) mass is 592 g/mol. The molecule has 1 unspecified atom stereocenters. The standard InChI is InChI=1S/C24H19BrN2O2S.C2HF3O2/c25-19-8-4-16(5-9-19)23(28)15-30-20-10-6-17(7-11-20)24(29)27-22-3-1-2-18-14-26-13-12-21(18)22;3-2(4,5)1(6)7/h1-14,23,28H,15H2,(H,27,29);(H,6,7). The summed E-state index contributed by atoms with van der Waals surface area (Å²) in [4.78, 5) is 26.7. The number of aliphatic hydroxyl groups is 1. The number of thioether (sulfide) groups is 1. The molecule has 0 fully saturated rings. The number of anilines is 1. The minimum atomic E-state index is -5.08. The van der Waals surface area contributed by atoms with Crippen LogP contribution in [0.1, 0.15) is 22.0 Å². The Labute approximate surface area is 222 Å². The Kier molecular flexibility index (Phi) is 9.67. The third kappa shape index (κ3) is 8.31. The summed E-state index contributed by atoms with van der Waals surface area (Å²) in [6.45, 7) is 0. The van der Waals surface area contributed by atoms with Crippen LogP contribution in [0.2, 0.25) is 0 Å². The summed E-state index contributed by atoms with van der Waals surface area (Å²) in [6, 6.07) is 22.7. The number of benzene rings is 3. The number of pyridine rings is 1. The second-order valence-electron chi connectivity index (χ2n) is 7.56. The number of rotatable bonds is 6. The maximum atomic E-state index is 12.7. The van der Waals surface area contributed by atoms with E-state index in [2.05, 4.69) is 26.2 Å². The molecule has 0 aliphatic heterocycles. The summed E-state index contributed by atoms with van der Waals surface area (Å²) in [7, 11) is 0. The second kappa shape index (κ2) is 12.7. The van der Waals surface area contributed by atoms with Crippen molar-refractivity contribution in [3.63, 3.8) is 0 Å². The number of alkyl halides is 3. The normalized spacial score (nSPS) is 11.8. The van der Waals surface area contributed by atoms with E-state index in [1.807, 2.05) is 60.7 Å². The molecule has 0 aliphatic carbocycles. The number of aliphatic hydroxyl groups excluding tert-OH is 1. The Balaban J connectivity index is 0.000000479. The molecule has 1 atom stereocenters. The average Bonchev–Trinajstić information content (AvgIpc) is 2.88. The van der Waals surface area contributed by atoms with E-state index in [4.69, 9.17) is 9.90 Å². The van der Waals surface area contributed by atoms with Gasteiger partial charge in [0.05, 0.1) is 6.10 Å². The SMILES string of the molecule is O=C(Nc1cccc2cnccc12)c1ccc(SCC(O)c2ccc(Br)cc2)cc1.O=C(O)C(F)(F)F. The van der Waals surface area contributed by atoms with Gasteiger partial charge in [0, 0.05) is 49.5 Å². The van der Waals surface area contributed by atoms with Gasteiger partial charge in [-0.2, -0.15) is 13.2 Å². The molecule has 3 N–H and O–H groups in total. The van der Waals surface area contributed by atoms with Crippen LogP contribution in [-0.4, -0.2) is 39.0 Å². The minimum absolute atomic E-state index is 0.161. The third-order valence-electron chi connectivity index (χ3n) is 4.95. The van der Waals surface area contributed by atoms with Crippen LogP contribution in [0, 0.1) is 0 Å². The number of amides is 1. The van der Waals surface area contributed by atoms with Crippen LogP contribution in [0.25, 0.3) is 10.8 Å². The summed E-state index contributed by atoms with van der Waals surface area (Å²) in [5, 5.41) is 22.4. The van der Waals surface area contributed by atoms with E-state index in [0.29, 0.717) is 11.3 Å². The molecular weight excluding hydrogens is 573 g/mol. The highest BCUT2D eigenvalue weighted by Gasteiger charge is 2.38. The molecule has 0 saturated carbocycles. The smallest absolute Gasteiger partial charge is 0.475 e. The molecule has 0 bridgehead atoms. The number of fused-ring (bicyclic) bond motifs is 1. The Morgan fingerprint density at radius 2 is 1.65 bits per heavy atom. The van der Waals surface area contributed by atoms with Crippen LogP contribution in [0.5, 0.6) is 0 Å². The minimum Gasteiger partial charge on any atom is -0.475 e. The van der Waals surface area contributed by atoms with Crippen LogP contribution in [-0.2, 0) is 4.79 Å². The van der Waals surface area contributed by atoms with Gasteiger partial charge in [-0.15, -0.1) is 11.8 Å². The Morgan fingerprint density at radius 3 is 2.27 bits per heavy atom. The van der Waals surface area contributed by atoms with E-state index in [1.54, 1.807) is 36.3 Å². The van der Waals surface area contributed by atoms with Gasteiger partial charge in [0.15, 0.2) is 0 Å². The van der Waals surface area contributed by atoms with Crippen molar-refractivity contribution in [1.82, 2.24) is 4.98 Å². The number of carboxylic acids is 1. The predicted molar refractivity (Wildman–Crippen MR) is 140 cm³/mol. The van der Waals surface area contributed by atoms with Crippen molar-refractivity contribution in [1.29, 1.82) is 0 Å². The number of aromatic nitrogens is 1. The van der Waals surface area contributed by atoms with Crippen molar-refractivity contribution in [2.24, 2.45) is 0 Å². The van der Waals surface area contributed by atoms with Crippen molar-refractivity contribution in [3.05, 3.63) is 101 Å². The number of halogens is 4. The third-order valence-corrected chi connectivity index (χ3v) is 6.57. The molecule has 192 valence electrons. The number of hydrogen-bond donors (Lipinski definition) is 3. The lowest BCUT2D eigenvalue weighted by molar-refractivity contribution is -0.192. The zero-order valence-electron chi connectivity index (χ0n) is 18.9. The molecule has 37 heavy (non-hydrogen) atoms.